The number of carbonyl (C=O) groups is 1. The summed E-state index contributed by atoms with van der Waals surface area (Å²) in [7, 11) is 0. The summed E-state index contributed by atoms with van der Waals surface area (Å²) in [5.41, 5.74) is 5.97. The maximum atomic E-state index is 13.1. The highest BCUT2D eigenvalue weighted by Crippen LogP contribution is 2.22. The molecule has 0 saturated heterocycles. The topological polar surface area (TPSA) is 101 Å². The Bertz CT molecular complexity index is 761. The Morgan fingerprint density at radius 3 is 2.62 bits per heavy atom. The summed E-state index contributed by atoms with van der Waals surface area (Å²) >= 11 is 1.09. The van der Waals surface area contributed by atoms with Crippen LogP contribution in [0.3, 0.4) is 0 Å². The number of nitrogens with two attached hydrogens (primary N) is 1. The Hall–Kier alpha value is -2.35. The molecule has 8 heteroatoms. The molecule has 0 radical (unpaired) electrons. The van der Waals surface area contributed by atoms with Crippen LogP contribution in [0.25, 0.3) is 0 Å². The van der Waals surface area contributed by atoms with Crippen molar-refractivity contribution >= 4 is 23.5 Å². The number of carbonyl (C=O) groups excluding carboxylic acids is 1. The summed E-state index contributed by atoms with van der Waals surface area (Å²) in [5.74, 6) is -0.216. The van der Waals surface area contributed by atoms with Gasteiger partial charge in [-0.2, -0.15) is 0 Å². The molecule has 4 N–H and O–H groups in total. The molecule has 0 fully saturated rings. The van der Waals surface area contributed by atoms with Crippen LogP contribution in [-0.4, -0.2) is 21.6 Å². The number of aromatic amines is 1. The average molecular weight is 350 g/mol. The maximum Gasteiger partial charge on any atom is 0.253 e. The lowest BCUT2D eigenvalue weighted by Crippen LogP contribution is -2.33. The summed E-state index contributed by atoms with van der Waals surface area (Å²) < 4.78 is 13.1. The zero-order chi connectivity index (χ0) is 17.7. The number of rotatable bonds is 6. The van der Waals surface area contributed by atoms with Crippen molar-refractivity contribution in [1.29, 1.82) is 0 Å². The molecule has 2 rings (SSSR count). The van der Waals surface area contributed by atoms with Crippen LogP contribution in [0.5, 0.6) is 0 Å². The van der Waals surface area contributed by atoms with Crippen LogP contribution >= 0.6 is 11.8 Å². The molecule has 6 nitrogen and oxygen atoms in total. The highest BCUT2D eigenvalue weighted by atomic mass is 32.2. The lowest BCUT2D eigenvalue weighted by atomic mass is 9.96. The number of anilines is 1. The van der Waals surface area contributed by atoms with Crippen molar-refractivity contribution in [2.75, 3.05) is 11.5 Å². The van der Waals surface area contributed by atoms with Gasteiger partial charge in [0, 0.05) is 6.07 Å². The number of halogens is 1. The molecule has 1 aromatic heterocycles. The van der Waals surface area contributed by atoms with E-state index in [2.05, 4.69) is 15.3 Å². The molecule has 0 saturated carbocycles. The molecule has 0 aliphatic heterocycles. The minimum absolute atomic E-state index is 0.0802. The largest absolute Gasteiger partial charge is 0.383 e. The van der Waals surface area contributed by atoms with Gasteiger partial charge in [0.1, 0.15) is 11.6 Å². The molecule has 128 valence electrons. The zero-order valence-corrected chi connectivity index (χ0v) is 14.2. The van der Waals surface area contributed by atoms with Crippen LogP contribution < -0.4 is 16.6 Å². The summed E-state index contributed by atoms with van der Waals surface area (Å²) in [5, 5.41) is 3.21. The molecule has 1 unspecified atom stereocenters. The molecule has 2 aromatic rings. The van der Waals surface area contributed by atoms with Gasteiger partial charge < -0.3 is 16.0 Å². The first-order valence-corrected chi connectivity index (χ1v) is 8.38. The molecule has 1 amide bonds. The molecular weight excluding hydrogens is 331 g/mol. The van der Waals surface area contributed by atoms with Gasteiger partial charge in [0.15, 0.2) is 5.16 Å². The molecule has 0 aliphatic carbocycles. The normalized spacial score (nSPS) is 12.2. The smallest absolute Gasteiger partial charge is 0.253 e. The van der Waals surface area contributed by atoms with Gasteiger partial charge in [-0.1, -0.05) is 37.7 Å². The number of H-pyrrole nitrogens is 1. The molecule has 1 aromatic carbocycles. The Morgan fingerprint density at radius 2 is 2.04 bits per heavy atom. The van der Waals surface area contributed by atoms with Gasteiger partial charge in [-0.25, -0.2) is 9.37 Å². The fraction of sp³-hybridized carbons (Fsp3) is 0.312. The van der Waals surface area contributed by atoms with E-state index >= 15 is 0 Å². The molecule has 1 atom stereocenters. The van der Waals surface area contributed by atoms with Crippen LogP contribution in [-0.2, 0) is 4.79 Å². The minimum atomic E-state index is -0.364. The molecule has 24 heavy (non-hydrogen) atoms. The van der Waals surface area contributed by atoms with Crippen molar-refractivity contribution < 1.29 is 9.18 Å². The highest BCUT2D eigenvalue weighted by Gasteiger charge is 2.18. The van der Waals surface area contributed by atoms with E-state index in [1.165, 1.54) is 18.2 Å². The molecule has 1 heterocycles. The summed E-state index contributed by atoms with van der Waals surface area (Å²) in [6.45, 7) is 3.94. The van der Waals surface area contributed by atoms with E-state index in [1.807, 2.05) is 13.8 Å². The van der Waals surface area contributed by atoms with Gasteiger partial charge in [-0.3, -0.25) is 9.59 Å². The number of benzene rings is 1. The van der Waals surface area contributed by atoms with E-state index in [0.29, 0.717) is 0 Å². The number of thioether (sulfide) groups is 1. The van der Waals surface area contributed by atoms with Crippen molar-refractivity contribution in [2.45, 2.75) is 25.0 Å². The lowest BCUT2D eigenvalue weighted by Gasteiger charge is -2.23. The van der Waals surface area contributed by atoms with E-state index in [-0.39, 0.29) is 46.0 Å². The van der Waals surface area contributed by atoms with Crippen molar-refractivity contribution in [3.8, 4) is 0 Å². The predicted molar refractivity (Wildman–Crippen MR) is 92.1 cm³/mol. The minimum Gasteiger partial charge on any atom is -0.383 e. The Morgan fingerprint density at radius 1 is 1.38 bits per heavy atom. The van der Waals surface area contributed by atoms with Gasteiger partial charge in [-0.15, -0.1) is 0 Å². The predicted octanol–water partition coefficient (Wildman–Crippen LogP) is 2.10. The third-order valence-corrected chi connectivity index (χ3v) is 4.17. The van der Waals surface area contributed by atoms with Gasteiger partial charge in [-0.05, 0) is 23.6 Å². The Kier molecular flexibility index (Phi) is 5.97. The second-order valence-corrected chi connectivity index (χ2v) is 6.57. The number of aromatic nitrogens is 2. The molecular formula is C16H19FN4O2S. The van der Waals surface area contributed by atoms with Crippen LogP contribution in [0.4, 0.5) is 10.2 Å². The van der Waals surface area contributed by atoms with Gasteiger partial charge in [0.2, 0.25) is 5.91 Å². The summed E-state index contributed by atoms with van der Waals surface area (Å²) in [6, 6.07) is 6.99. The van der Waals surface area contributed by atoms with Gasteiger partial charge >= 0.3 is 0 Å². The highest BCUT2D eigenvalue weighted by molar-refractivity contribution is 7.99. The fourth-order valence-electron chi connectivity index (χ4n) is 2.18. The van der Waals surface area contributed by atoms with Crippen molar-refractivity contribution in [3.63, 3.8) is 0 Å². The van der Waals surface area contributed by atoms with E-state index in [4.69, 9.17) is 5.73 Å². The summed E-state index contributed by atoms with van der Waals surface area (Å²) in [4.78, 5) is 30.0. The van der Waals surface area contributed by atoms with Gasteiger partial charge in [0.25, 0.3) is 5.56 Å². The van der Waals surface area contributed by atoms with Crippen LogP contribution in [0, 0.1) is 11.7 Å². The monoisotopic (exact) mass is 350 g/mol. The van der Waals surface area contributed by atoms with Crippen molar-refractivity contribution in [2.24, 2.45) is 5.92 Å². The first-order valence-electron chi connectivity index (χ1n) is 7.39. The second-order valence-electron chi connectivity index (χ2n) is 5.60. The number of nitrogens with one attached hydrogen (secondary N) is 2. The number of amides is 1. The van der Waals surface area contributed by atoms with Crippen LogP contribution in [0.2, 0.25) is 0 Å². The quantitative estimate of drug-likeness (QED) is 0.547. The fourth-order valence-corrected chi connectivity index (χ4v) is 2.87. The number of hydrogen-bond donors (Lipinski definition) is 3. The van der Waals surface area contributed by atoms with Crippen LogP contribution in [0.15, 0.2) is 40.3 Å². The second kappa shape index (κ2) is 7.96. The Balaban J connectivity index is 2.00. The van der Waals surface area contributed by atoms with E-state index in [1.54, 1.807) is 12.1 Å². The molecule has 0 aliphatic rings. The Labute approximate surface area is 143 Å². The SMILES string of the molecule is CC(C)C(NC(=O)CSc1nc(N)cc(=O)[nH]1)c1ccc(F)cc1. The van der Waals surface area contributed by atoms with E-state index in [9.17, 15) is 14.0 Å². The van der Waals surface area contributed by atoms with E-state index < -0.39 is 0 Å². The summed E-state index contributed by atoms with van der Waals surface area (Å²) in [6.07, 6.45) is 0. The number of nitrogens with zero attached hydrogens (tertiary/aromatic N) is 1. The molecule has 0 spiro atoms. The first-order chi connectivity index (χ1) is 11.3. The van der Waals surface area contributed by atoms with E-state index in [0.717, 1.165) is 17.3 Å². The molecule has 0 bridgehead atoms. The first kappa shape index (κ1) is 18.0. The van der Waals surface area contributed by atoms with Crippen molar-refractivity contribution in [3.05, 3.63) is 52.1 Å². The van der Waals surface area contributed by atoms with Crippen LogP contribution in [0.1, 0.15) is 25.5 Å². The number of hydrogen-bond acceptors (Lipinski definition) is 5. The zero-order valence-electron chi connectivity index (χ0n) is 13.4. The van der Waals surface area contributed by atoms with Crippen molar-refractivity contribution in [1.82, 2.24) is 15.3 Å². The lowest BCUT2D eigenvalue weighted by molar-refractivity contribution is -0.119. The number of nitrogen functional groups attached to an aromatic ring is 1. The standard InChI is InChI=1S/C16H19FN4O2S/c1-9(2)15(10-3-5-11(17)6-4-10)20-14(23)8-24-16-19-12(18)7-13(22)21-16/h3-7,9,15H,8H2,1-2H3,(H,20,23)(H3,18,19,21,22). The maximum absolute atomic E-state index is 13.1. The average Bonchev–Trinajstić information content (AvgIpc) is 2.50. The third kappa shape index (κ3) is 5.09. The van der Waals surface area contributed by atoms with Gasteiger partial charge in [0.05, 0.1) is 11.8 Å². The third-order valence-electron chi connectivity index (χ3n) is 3.29.